The summed E-state index contributed by atoms with van der Waals surface area (Å²) in [6.07, 6.45) is 0. The van der Waals surface area contributed by atoms with E-state index in [0.717, 1.165) is 5.92 Å². The van der Waals surface area contributed by atoms with Gasteiger partial charge in [-0.25, -0.2) is 0 Å². The molecule has 2 heteroatoms. The molecule has 1 fully saturated rings. The van der Waals surface area contributed by atoms with Gasteiger partial charge in [0.05, 0.1) is 0 Å². The van der Waals surface area contributed by atoms with Crippen LogP contribution in [0.5, 0.6) is 0 Å². The zero-order valence-electron chi connectivity index (χ0n) is 10.5. The number of anilines is 1. The summed E-state index contributed by atoms with van der Waals surface area (Å²) in [7, 11) is 0. The van der Waals surface area contributed by atoms with Crippen LogP contribution in [0.2, 0.25) is 0 Å². The summed E-state index contributed by atoms with van der Waals surface area (Å²) in [4.78, 5) is 2.48. The molecule has 1 aromatic rings. The summed E-state index contributed by atoms with van der Waals surface area (Å²) >= 11 is 3.51. The molecular weight excluding hydrogens is 262 g/mol. The van der Waals surface area contributed by atoms with Gasteiger partial charge in [-0.05, 0) is 42.0 Å². The van der Waals surface area contributed by atoms with Crippen LogP contribution in [0.3, 0.4) is 0 Å². The Kier molecular flexibility index (Phi) is 3.04. The van der Waals surface area contributed by atoms with E-state index in [4.69, 9.17) is 0 Å². The molecule has 0 N–H and O–H groups in total. The molecule has 1 nitrogen and oxygen atoms in total. The van der Waals surface area contributed by atoms with Crippen LogP contribution in [-0.4, -0.2) is 13.1 Å². The van der Waals surface area contributed by atoms with Crippen molar-refractivity contribution in [3.05, 3.63) is 28.2 Å². The summed E-state index contributed by atoms with van der Waals surface area (Å²) in [5, 5.41) is 0. The first-order valence-corrected chi connectivity index (χ1v) is 6.68. The highest BCUT2D eigenvalue weighted by Gasteiger charge is 2.36. The molecule has 1 heterocycles. The molecule has 0 atom stereocenters. The second-order valence-electron chi connectivity index (χ2n) is 5.90. The van der Waals surface area contributed by atoms with Crippen molar-refractivity contribution in [1.29, 1.82) is 0 Å². The SMILES string of the molecule is Cc1cc(Br)ccc1N1CC(C(C)(C)C)C1. The third kappa shape index (κ3) is 2.27. The van der Waals surface area contributed by atoms with Crippen molar-refractivity contribution in [2.45, 2.75) is 27.7 Å². The fourth-order valence-corrected chi connectivity index (χ4v) is 2.67. The van der Waals surface area contributed by atoms with E-state index in [1.54, 1.807) is 0 Å². The van der Waals surface area contributed by atoms with Gasteiger partial charge in [0.25, 0.3) is 0 Å². The Bertz CT molecular complexity index is 386. The first kappa shape index (κ1) is 12.0. The van der Waals surface area contributed by atoms with E-state index in [2.05, 4.69) is 66.7 Å². The molecule has 88 valence electrons. The lowest BCUT2D eigenvalue weighted by molar-refractivity contribution is 0.195. The molecule has 1 saturated heterocycles. The molecule has 0 unspecified atom stereocenters. The summed E-state index contributed by atoms with van der Waals surface area (Å²) in [6, 6.07) is 6.55. The van der Waals surface area contributed by atoms with Crippen molar-refractivity contribution < 1.29 is 0 Å². The van der Waals surface area contributed by atoms with Gasteiger partial charge in [-0.2, -0.15) is 0 Å². The largest absolute Gasteiger partial charge is 0.371 e. The van der Waals surface area contributed by atoms with Gasteiger partial charge >= 0.3 is 0 Å². The zero-order valence-corrected chi connectivity index (χ0v) is 12.1. The fraction of sp³-hybridized carbons (Fsp3) is 0.571. The van der Waals surface area contributed by atoms with Crippen LogP contribution in [0.25, 0.3) is 0 Å². The van der Waals surface area contributed by atoms with Gasteiger partial charge in [0, 0.05) is 23.2 Å². The minimum atomic E-state index is 0.444. The molecular formula is C14H20BrN. The van der Waals surface area contributed by atoms with Crippen molar-refractivity contribution in [3.8, 4) is 0 Å². The number of halogens is 1. The third-order valence-corrected chi connectivity index (χ3v) is 4.10. The van der Waals surface area contributed by atoms with Crippen LogP contribution < -0.4 is 4.90 Å². The Hall–Kier alpha value is -0.500. The van der Waals surface area contributed by atoms with E-state index in [1.165, 1.54) is 28.8 Å². The zero-order chi connectivity index (χ0) is 11.9. The van der Waals surface area contributed by atoms with Crippen LogP contribution in [-0.2, 0) is 0 Å². The maximum absolute atomic E-state index is 3.51. The Morgan fingerprint density at radius 3 is 2.38 bits per heavy atom. The minimum absolute atomic E-state index is 0.444. The third-order valence-electron chi connectivity index (χ3n) is 3.61. The predicted molar refractivity (Wildman–Crippen MR) is 74.0 cm³/mol. The van der Waals surface area contributed by atoms with E-state index >= 15 is 0 Å². The number of rotatable bonds is 1. The van der Waals surface area contributed by atoms with Crippen LogP contribution >= 0.6 is 15.9 Å². The van der Waals surface area contributed by atoms with Gasteiger partial charge in [0.15, 0.2) is 0 Å². The van der Waals surface area contributed by atoms with Gasteiger partial charge in [0.2, 0.25) is 0 Å². The lowest BCUT2D eigenvalue weighted by Crippen LogP contribution is -2.52. The maximum atomic E-state index is 3.51. The van der Waals surface area contributed by atoms with Gasteiger partial charge in [-0.1, -0.05) is 36.7 Å². The van der Waals surface area contributed by atoms with Crippen molar-refractivity contribution in [3.63, 3.8) is 0 Å². The van der Waals surface area contributed by atoms with Gasteiger partial charge in [-0.15, -0.1) is 0 Å². The molecule has 0 amide bonds. The first-order valence-electron chi connectivity index (χ1n) is 5.89. The Balaban J connectivity index is 2.07. The average molecular weight is 282 g/mol. The van der Waals surface area contributed by atoms with Crippen LogP contribution in [0, 0.1) is 18.3 Å². The predicted octanol–water partition coefficient (Wildman–Crippen LogP) is 4.24. The monoisotopic (exact) mass is 281 g/mol. The van der Waals surface area contributed by atoms with Crippen LogP contribution in [0.1, 0.15) is 26.3 Å². The van der Waals surface area contributed by atoms with E-state index in [9.17, 15) is 0 Å². The molecule has 1 aliphatic rings. The second kappa shape index (κ2) is 4.06. The molecule has 0 bridgehead atoms. The summed E-state index contributed by atoms with van der Waals surface area (Å²) in [6.45, 7) is 11.6. The van der Waals surface area contributed by atoms with Gasteiger partial charge in [0.1, 0.15) is 0 Å². The smallest absolute Gasteiger partial charge is 0.0396 e. The highest BCUT2D eigenvalue weighted by Crippen LogP contribution is 2.37. The standard InChI is InChI=1S/C14H20BrN/c1-10-7-12(15)5-6-13(10)16-8-11(9-16)14(2,3)4/h5-7,11H,8-9H2,1-4H3. The molecule has 0 radical (unpaired) electrons. The van der Waals surface area contributed by atoms with Gasteiger partial charge < -0.3 is 4.90 Å². The number of nitrogens with zero attached hydrogens (tertiary/aromatic N) is 1. The van der Waals surface area contributed by atoms with Crippen molar-refractivity contribution in [2.75, 3.05) is 18.0 Å². The molecule has 0 aromatic heterocycles. The quantitative estimate of drug-likeness (QED) is 0.744. The average Bonchev–Trinajstić information content (AvgIpc) is 2.03. The van der Waals surface area contributed by atoms with E-state index in [1.807, 2.05) is 0 Å². The van der Waals surface area contributed by atoms with Gasteiger partial charge in [-0.3, -0.25) is 0 Å². The second-order valence-corrected chi connectivity index (χ2v) is 6.81. The van der Waals surface area contributed by atoms with Crippen molar-refractivity contribution in [1.82, 2.24) is 0 Å². The topological polar surface area (TPSA) is 3.24 Å². The van der Waals surface area contributed by atoms with E-state index in [0.29, 0.717) is 5.41 Å². The summed E-state index contributed by atoms with van der Waals surface area (Å²) in [5.74, 6) is 0.829. The summed E-state index contributed by atoms with van der Waals surface area (Å²) < 4.78 is 1.17. The molecule has 0 aliphatic carbocycles. The number of aryl methyl sites for hydroxylation is 1. The van der Waals surface area contributed by atoms with Crippen LogP contribution in [0.15, 0.2) is 22.7 Å². The van der Waals surface area contributed by atoms with Crippen molar-refractivity contribution in [2.24, 2.45) is 11.3 Å². The number of hydrogen-bond acceptors (Lipinski definition) is 1. The van der Waals surface area contributed by atoms with E-state index < -0.39 is 0 Å². The van der Waals surface area contributed by atoms with Crippen molar-refractivity contribution >= 4 is 21.6 Å². The van der Waals surface area contributed by atoms with E-state index in [-0.39, 0.29) is 0 Å². The Labute approximate surface area is 107 Å². The normalized spacial score (nSPS) is 17.4. The molecule has 1 aliphatic heterocycles. The lowest BCUT2D eigenvalue weighted by Gasteiger charge is -2.48. The first-order chi connectivity index (χ1) is 7.38. The molecule has 0 saturated carbocycles. The lowest BCUT2D eigenvalue weighted by atomic mass is 9.75. The fourth-order valence-electron chi connectivity index (χ4n) is 2.20. The maximum Gasteiger partial charge on any atom is 0.0396 e. The molecule has 2 rings (SSSR count). The molecule has 0 spiro atoms. The summed E-state index contributed by atoms with van der Waals surface area (Å²) in [5.41, 5.74) is 3.20. The number of benzene rings is 1. The highest BCUT2D eigenvalue weighted by atomic mass is 79.9. The Morgan fingerprint density at radius 2 is 1.88 bits per heavy atom. The van der Waals surface area contributed by atoms with Crippen LogP contribution in [0.4, 0.5) is 5.69 Å². The minimum Gasteiger partial charge on any atom is -0.371 e. The molecule has 1 aromatic carbocycles. The Morgan fingerprint density at radius 1 is 1.25 bits per heavy atom. The number of hydrogen-bond donors (Lipinski definition) is 0. The highest BCUT2D eigenvalue weighted by molar-refractivity contribution is 9.10. The molecule has 16 heavy (non-hydrogen) atoms.